The maximum atomic E-state index is 13.0. The summed E-state index contributed by atoms with van der Waals surface area (Å²) in [4.78, 5) is 25.2. The van der Waals surface area contributed by atoms with Gasteiger partial charge in [-0.2, -0.15) is 0 Å². The quantitative estimate of drug-likeness (QED) is 0.435. The summed E-state index contributed by atoms with van der Waals surface area (Å²) < 4.78 is 30.1. The molecule has 168 valence electrons. The number of anilines is 2. The molecule has 1 saturated heterocycles. The molecule has 1 atom stereocenters. The summed E-state index contributed by atoms with van der Waals surface area (Å²) in [6.07, 6.45) is 1.68. The van der Waals surface area contributed by atoms with Crippen molar-refractivity contribution in [1.29, 1.82) is 0 Å². The highest BCUT2D eigenvalue weighted by molar-refractivity contribution is 7.88. The summed E-state index contributed by atoms with van der Waals surface area (Å²) in [5.41, 5.74) is 12.8. The van der Waals surface area contributed by atoms with Crippen molar-refractivity contribution >= 4 is 43.7 Å². The molecular weight excluding hydrogens is 454 g/mol. The lowest BCUT2D eigenvalue weighted by atomic mass is 10.1. The van der Waals surface area contributed by atoms with Crippen molar-refractivity contribution in [3.63, 3.8) is 0 Å². The van der Waals surface area contributed by atoms with Gasteiger partial charge in [-0.05, 0) is 6.42 Å². The van der Waals surface area contributed by atoms with E-state index in [1.54, 1.807) is 0 Å². The van der Waals surface area contributed by atoms with Gasteiger partial charge in [-0.1, -0.05) is 35.5 Å². The third-order valence-electron chi connectivity index (χ3n) is 5.16. The Labute approximate surface area is 188 Å². The van der Waals surface area contributed by atoms with E-state index in [0.29, 0.717) is 23.7 Å². The average Bonchev–Trinajstić information content (AvgIpc) is 3.47. The van der Waals surface area contributed by atoms with Crippen molar-refractivity contribution in [3.8, 4) is 11.3 Å². The number of carbonyl (C=O) groups is 2. The average molecular weight is 476 g/mol. The summed E-state index contributed by atoms with van der Waals surface area (Å²) in [5.74, 6) is -1.34. The summed E-state index contributed by atoms with van der Waals surface area (Å²) in [5, 5.41) is 7.39. The molecule has 0 spiro atoms. The van der Waals surface area contributed by atoms with E-state index in [9.17, 15) is 18.0 Å². The zero-order chi connectivity index (χ0) is 23.0. The highest BCUT2D eigenvalue weighted by atomic mass is 32.2. The monoisotopic (exact) mass is 475 g/mol. The van der Waals surface area contributed by atoms with Gasteiger partial charge < -0.3 is 21.3 Å². The Balaban J connectivity index is 1.61. The van der Waals surface area contributed by atoms with Crippen LogP contribution in [-0.2, 0) is 10.0 Å². The van der Waals surface area contributed by atoms with Gasteiger partial charge in [0.1, 0.15) is 15.6 Å². The molecule has 0 aliphatic carbocycles. The predicted octanol–water partition coefficient (Wildman–Crippen LogP) is 1.76. The number of hydrogen-bond acceptors (Lipinski definition) is 9. The lowest BCUT2D eigenvalue weighted by Gasteiger charge is -2.15. The Bertz CT molecular complexity index is 1280. The first-order valence-corrected chi connectivity index (χ1v) is 12.3. The minimum absolute atomic E-state index is 0.000969. The molecule has 1 amide bonds. The van der Waals surface area contributed by atoms with Crippen molar-refractivity contribution in [3.05, 3.63) is 52.6 Å². The zero-order valence-electron chi connectivity index (χ0n) is 17.1. The van der Waals surface area contributed by atoms with Gasteiger partial charge in [0.15, 0.2) is 0 Å². The molecule has 0 bridgehead atoms. The SMILES string of the molecule is CS(=O)(=O)N1CCC(Nc2sc(C(=O)c3cc(-c4ccccc4)no3)c(N)c2C(N)=O)C1. The summed E-state index contributed by atoms with van der Waals surface area (Å²) >= 11 is 0.976. The largest absolute Gasteiger partial charge is 0.397 e. The number of nitrogen functional groups attached to an aromatic ring is 1. The Morgan fingerprint density at radius 1 is 1.28 bits per heavy atom. The second-order valence-electron chi connectivity index (χ2n) is 7.44. The number of benzene rings is 1. The van der Waals surface area contributed by atoms with Gasteiger partial charge in [0.2, 0.25) is 21.6 Å². The third-order valence-corrected chi connectivity index (χ3v) is 7.56. The lowest BCUT2D eigenvalue weighted by Crippen LogP contribution is -2.30. The van der Waals surface area contributed by atoms with Crippen LogP contribution in [0.2, 0.25) is 0 Å². The first kappa shape index (κ1) is 22.0. The highest BCUT2D eigenvalue weighted by Crippen LogP contribution is 2.38. The topological polar surface area (TPSA) is 162 Å². The van der Waals surface area contributed by atoms with Gasteiger partial charge >= 0.3 is 0 Å². The summed E-state index contributed by atoms with van der Waals surface area (Å²) in [6.45, 7) is 0.593. The van der Waals surface area contributed by atoms with Crippen LogP contribution in [0.15, 0.2) is 40.9 Å². The van der Waals surface area contributed by atoms with Crippen LogP contribution in [0.3, 0.4) is 0 Å². The number of rotatable bonds is 7. The Hall–Kier alpha value is -3.22. The first-order chi connectivity index (χ1) is 15.1. The normalized spacial score (nSPS) is 16.8. The molecule has 0 radical (unpaired) electrons. The number of sulfonamides is 1. The Kier molecular flexibility index (Phi) is 5.75. The molecule has 32 heavy (non-hydrogen) atoms. The predicted molar refractivity (Wildman–Crippen MR) is 121 cm³/mol. The van der Waals surface area contributed by atoms with E-state index in [1.165, 1.54) is 10.4 Å². The van der Waals surface area contributed by atoms with E-state index in [1.807, 2.05) is 30.3 Å². The first-order valence-electron chi connectivity index (χ1n) is 9.65. The number of nitrogens with zero attached hydrogens (tertiary/aromatic N) is 2. The van der Waals surface area contributed by atoms with Crippen LogP contribution in [-0.4, -0.2) is 55.0 Å². The van der Waals surface area contributed by atoms with E-state index < -0.39 is 21.7 Å². The molecule has 3 heterocycles. The number of nitrogens with two attached hydrogens (primary N) is 2. The number of aromatic nitrogens is 1. The van der Waals surface area contributed by atoms with E-state index >= 15 is 0 Å². The van der Waals surface area contributed by atoms with E-state index in [0.717, 1.165) is 23.2 Å². The van der Waals surface area contributed by atoms with E-state index in [2.05, 4.69) is 10.5 Å². The number of thiophene rings is 1. The number of hydrogen-bond donors (Lipinski definition) is 3. The van der Waals surface area contributed by atoms with Crippen LogP contribution >= 0.6 is 11.3 Å². The molecule has 0 saturated carbocycles. The van der Waals surface area contributed by atoms with Gasteiger partial charge in [0.05, 0.1) is 17.5 Å². The molecular formula is C20H21N5O5S2. The number of ketones is 1. The molecule has 1 fully saturated rings. The van der Waals surface area contributed by atoms with E-state index in [4.69, 9.17) is 16.0 Å². The van der Waals surface area contributed by atoms with Crippen LogP contribution in [0.25, 0.3) is 11.3 Å². The number of primary amides is 1. The van der Waals surface area contributed by atoms with Crippen molar-refractivity contribution < 1.29 is 22.5 Å². The van der Waals surface area contributed by atoms with Crippen molar-refractivity contribution in [2.75, 3.05) is 30.4 Å². The second-order valence-corrected chi connectivity index (χ2v) is 10.4. The molecule has 4 rings (SSSR count). The van der Waals surface area contributed by atoms with Gasteiger partial charge in [-0.3, -0.25) is 9.59 Å². The third kappa shape index (κ3) is 4.24. The molecule has 3 aromatic rings. The zero-order valence-corrected chi connectivity index (χ0v) is 18.7. The summed E-state index contributed by atoms with van der Waals surface area (Å²) in [6, 6.07) is 10.5. The molecule has 10 nitrogen and oxygen atoms in total. The fourth-order valence-electron chi connectivity index (χ4n) is 3.53. The number of amides is 1. The molecule has 5 N–H and O–H groups in total. The van der Waals surface area contributed by atoms with Crippen LogP contribution in [0.4, 0.5) is 10.7 Å². The smallest absolute Gasteiger partial charge is 0.253 e. The minimum atomic E-state index is -3.32. The van der Waals surface area contributed by atoms with Crippen LogP contribution in [0.1, 0.15) is 32.2 Å². The summed E-state index contributed by atoms with van der Waals surface area (Å²) in [7, 11) is -3.32. The maximum absolute atomic E-state index is 13.0. The number of nitrogens with one attached hydrogen (secondary N) is 1. The lowest BCUT2D eigenvalue weighted by molar-refractivity contribution is 0.1000. The second kappa shape index (κ2) is 8.37. The Morgan fingerprint density at radius 2 is 2.00 bits per heavy atom. The van der Waals surface area contributed by atoms with Crippen LogP contribution in [0.5, 0.6) is 0 Å². The fraction of sp³-hybridized carbons (Fsp3) is 0.250. The molecule has 1 aliphatic rings. The molecule has 1 aromatic carbocycles. The van der Waals surface area contributed by atoms with Gasteiger partial charge in [0, 0.05) is 30.8 Å². The molecule has 1 aliphatic heterocycles. The van der Waals surface area contributed by atoms with Crippen molar-refractivity contribution in [1.82, 2.24) is 9.46 Å². The van der Waals surface area contributed by atoms with E-state index in [-0.39, 0.29) is 34.5 Å². The Morgan fingerprint density at radius 3 is 2.62 bits per heavy atom. The molecule has 1 unspecified atom stereocenters. The number of carbonyl (C=O) groups excluding carboxylic acids is 2. The maximum Gasteiger partial charge on any atom is 0.253 e. The molecule has 12 heteroatoms. The highest BCUT2D eigenvalue weighted by Gasteiger charge is 2.32. The molecule has 2 aromatic heterocycles. The van der Waals surface area contributed by atoms with Crippen molar-refractivity contribution in [2.24, 2.45) is 5.73 Å². The van der Waals surface area contributed by atoms with Crippen LogP contribution < -0.4 is 16.8 Å². The van der Waals surface area contributed by atoms with Gasteiger partial charge in [-0.15, -0.1) is 11.3 Å². The van der Waals surface area contributed by atoms with Crippen LogP contribution in [0, 0.1) is 0 Å². The fourth-order valence-corrected chi connectivity index (χ4v) is 5.57. The van der Waals surface area contributed by atoms with Gasteiger partial charge in [-0.25, -0.2) is 12.7 Å². The van der Waals surface area contributed by atoms with Gasteiger partial charge in [0.25, 0.3) is 5.91 Å². The van der Waals surface area contributed by atoms with Crippen molar-refractivity contribution in [2.45, 2.75) is 12.5 Å². The standard InChI is InChI=1S/C20H21N5O5S2/c1-32(28,29)25-8-7-12(10-25)23-20-15(19(22)27)16(21)18(31-20)17(26)14-9-13(24-30-14)11-5-3-2-4-6-11/h2-6,9,12,23H,7-8,10,21H2,1H3,(H2,22,27). The minimum Gasteiger partial charge on any atom is -0.397 e.